The van der Waals surface area contributed by atoms with Crippen molar-refractivity contribution in [1.82, 2.24) is 19.4 Å². The summed E-state index contributed by atoms with van der Waals surface area (Å²) in [5.41, 5.74) is 5.94. The van der Waals surface area contributed by atoms with E-state index in [-0.39, 0.29) is 23.6 Å². The van der Waals surface area contributed by atoms with Gasteiger partial charge in [0.05, 0.1) is 18.2 Å². The van der Waals surface area contributed by atoms with Crippen molar-refractivity contribution in [2.45, 2.75) is 33.3 Å². The number of pyridine rings is 1. The number of allylic oxidation sites excluding steroid dienone is 2. The van der Waals surface area contributed by atoms with Crippen LogP contribution < -0.4 is 4.74 Å². The number of para-hydroxylation sites is 1. The van der Waals surface area contributed by atoms with Crippen LogP contribution in [0, 0.1) is 24.7 Å². The fraction of sp³-hybridized carbons (Fsp3) is 0.310. The molecule has 1 fully saturated rings. The molecule has 2 aliphatic rings. The molecule has 4 aromatic rings. The fourth-order valence-electron chi connectivity index (χ4n) is 5.46. The molecule has 6 rings (SSSR count). The molecular weight excluding hydrogens is 490 g/mol. The number of hydrogen-bond acceptors (Lipinski definition) is 6. The first-order valence-corrected chi connectivity index (χ1v) is 12.6. The van der Waals surface area contributed by atoms with Gasteiger partial charge in [-0.1, -0.05) is 24.3 Å². The third kappa shape index (κ3) is 4.42. The number of aromatic nitrogens is 4. The van der Waals surface area contributed by atoms with Crippen LogP contribution in [0.1, 0.15) is 36.1 Å². The van der Waals surface area contributed by atoms with Gasteiger partial charge in [0.15, 0.2) is 5.82 Å². The van der Waals surface area contributed by atoms with Crippen molar-refractivity contribution in [2.75, 3.05) is 6.61 Å². The topological polar surface area (TPSA) is 78.6 Å². The minimum Gasteiger partial charge on any atom is -0.466 e. The molecule has 194 valence electrons. The summed E-state index contributed by atoms with van der Waals surface area (Å²) < 4.78 is 37.7. The van der Waals surface area contributed by atoms with Crippen LogP contribution in [0.4, 0.5) is 8.78 Å². The second-order valence-electron chi connectivity index (χ2n) is 9.66. The Balaban J connectivity index is 1.24. The zero-order valence-electron chi connectivity index (χ0n) is 21.0. The highest BCUT2D eigenvalue weighted by molar-refractivity contribution is 5.81. The van der Waals surface area contributed by atoms with Crippen LogP contribution in [0.3, 0.4) is 0 Å². The van der Waals surface area contributed by atoms with Crippen LogP contribution in [0.2, 0.25) is 0 Å². The summed E-state index contributed by atoms with van der Waals surface area (Å²) in [4.78, 5) is 25.9. The molecule has 0 bridgehead atoms. The minimum atomic E-state index is -2.89. The Morgan fingerprint density at radius 1 is 1.13 bits per heavy atom. The Morgan fingerprint density at radius 2 is 1.92 bits per heavy atom. The number of aryl methyl sites for hydroxylation is 1. The van der Waals surface area contributed by atoms with Crippen molar-refractivity contribution < 1.29 is 23.0 Å². The SMILES string of the molecule is CCOC(=O)C1C2C=C(c3ncc(-c4ccc5nc(C)c(Cc6ccccc6OC(F)F)n5c4)cn3)CC21. The standard InChI is InChI=1S/C29H26F2N4O3/c1-3-37-28(36)26-21-10-19(11-22(21)26)27-32-13-20(14-33-27)18-8-9-25-34-16(2)23(35(25)15-18)12-17-6-4-5-7-24(17)38-29(30)31/h4-10,13-15,21-22,26,29H,3,11-12H2,1-2H3. The van der Waals surface area contributed by atoms with Gasteiger partial charge >= 0.3 is 12.6 Å². The van der Waals surface area contributed by atoms with Gasteiger partial charge in [0.25, 0.3) is 0 Å². The highest BCUT2D eigenvalue weighted by atomic mass is 19.3. The number of ether oxygens (including phenoxy) is 2. The molecule has 0 amide bonds. The van der Waals surface area contributed by atoms with E-state index in [0.717, 1.165) is 40.2 Å². The Morgan fingerprint density at radius 3 is 2.63 bits per heavy atom. The number of benzene rings is 1. The van der Waals surface area contributed by atoms with E-state index in [4.69, 9.17) is 9.47 Å². The van der Waals surface area contributed by atoms with Crippen LogP contribution in [-0.4, -0.2) is 38.5 Å². The summed E-state index contributed by atoms with van der Waals surface area (Å²) in [5, 5.41) is 0. The van der Waals surface area contributed by atoms with E-state index in [9.17, 15) is 13.6 Å². The van der Waals surface area contributed by atoms with E-state index < -0.39 is 6.61 Å². The quantitative estimate of drug-likeness (QED) is 0.288. The van der Waals surface area contributed by atoms with Gasteiger partial charge in [0.1, 0.15) is 11.4 Å². The summed E-state index contributed by atoms with van der Waals surface area (Å²) in [5.74, 6) is 1.24. The van der Waals surface area contributed by atoms with E-state index in [0.29, 0.717) is 30.3 Å². The van der Waals surface area contributed by atoms with Gasteiger partial charge in [-0.2, -0.15) is 8.78 Å². The molecule has 2 aliphatic carbocycles. The lowest BCUT2D eigenvalue weighted by Crippen LogP contribution is -2.09. The smallest absolute Gasteiger partial charge is 0.387 e. The molecule has 0 aliphatic heterocycles. The van der Waals surface area contributed by atoms with Crippen molar-refractivity contribution in [2.24, 2.45) is 17.8 Å². The number of esters is 1. The Hall–Kier alpha value is -4.14. The molecule has 1 aromatic carbocycles. The summed E-state index contributed by atoms with van der Waals surface area (Å²) in [6.45, 7) is 1.24. The number of hydrogen-bond donors (Lipinski definition) is 0. The number of nitrogens with zero attached hydrogens (tertiary/aromatic N) is 4. The molecule has 0 spiro atoms. The summed E-state index contributed by atoms with van der Waals surface area (Å²) >= 11 is 0. The maximum atomic E-state index is 12.9. The third-order valence-electron chi connectivity index (χ3n) is 7.37. The predicted octanol–water partition coefficient (Wildman–Crippen LogP) is 5.50. The number of rotatable bonds is 8. The lowest BCUT2D eigenvalue weighted by atomic mass is 10.1. The number of halogens is 2. The molecule has 3 atom stereocenters. The second-order valence-corrected chi connectivity index (χ2v) is 9.66. The van der Waals surface area contributed by atoms with Gasteiger partial charge in [0, 0.05) is 47.4 Å². The summed E-state index contributed by atoms with van der Waals surface area (Å²) in [6.07, 6.45) is 8.85. The van der Waals surface area contributed by atoms with Gasteiger partial charge < -0.3 is 13.9 Å². The van der Waals surface area contributed by atoms with Gasteiger partial charge in [-0.15, -0.1) is 0 Å². The van der Waals surface area contributed by atoms with Crippen molar-refractivity contribution in [1.29, 1.82) is 0 Å². The van der Waals surface area contributed by atoms with Gasteiger partial charge in [0.2, 0.25) is 0 Å². The first-order valence-electron chi connectivity index (χ1n) is 12.6. The molecule has 7 nitrogen and oxygen atoms in total. The molecule has 3 unspecified atom stereocenters. The average molecular weight is 517 g/mol. The molecule has 0 radical (unpaired) electrons. The summed E-state index contributed by atoms with van der Waals surface area (Å²) in [7, 11) is 0. The van der Waals surface area contributed by atoms with Gasteiger partial charge in [-0.25, -0.2) is 15.0 Å². The number of carbonyl (C=O) groups excluding carboxylic acids is 1. The van der Waals surface area contributed by atoms with Crippen LogP contribution in [0.5, 0.6) is 5.75 Å². The van der Waals surface area contributed by atoms with E-state index in [1.807, 2.05) is 36.6 Å². The maximum absolute atomic E-state index is 12.9. The first-order chi connectivity index (χ1) is 18.4. The molecule has 3 heterocycles. The van der Waals surface area contributed by atoms with E-state index in [2.05, 4.69) is 21.0 Å². The Labute approximate surface area is 218 Å². The molecule has 38 heavy (non-hydrogen) atoms. The normalized spacial score (nSPS) is 19.9. The van der Waals surface area contributed by atoms with Crippen LogP contribution in [-0.2, 0) is 16.0 Å². The van der Waals surface area contributed by atoms with Crippen LogP contribution in [0.15, 0.2) is 61.1 Å². The monoisotopic (exact) mass is 516 g/mol. The van der Waals surface area contributed by atoms with Crippen molar-refractivity contribution >= 4 is 17.2 Å². The van der Waals surface area contributed by atoms with Gasteiger partial charge in [-0.05, 0) is 55.9 Å². The molecular formula is C29H26F2N4O3. The van der Waals surface area contributed by atoms with Crippen molar-refractivity contribution in [3.05, 3.63) is 83.8 Å². The maximum Gasteiger partial charge on any atom is 0.387 e. The zero-order valence-corrected chi connectivity index (χ0v) is 21.0. The van der Waals surface area contributed by atoms with Crippen molar-refractivity contribution in [3.8, 4) is 16.9 Å². The lowest BCUT2D eigenvalue weighted by Gasteiger charge is -2.11. The number of carbonyl (C=O) groups is 1. The predicted molar refractivity (Wildman–Crippen MR) is 137 cm³/mol. The fourth-order valence-corrected chi connectivity index (χ4v) is 5.46. The number of imidazole rings is 1. The lowest BCUT2D eigenvalue weighted by molar-refractivity contribution is -0.145. The zero-order chi connectivity index (χ0) is 26.4. The highest BCUT2D eigenvalue weighted by Gasteiger charge is 2.57. The van der Waals surface area contributed by atoms with Crippen molar-refractivity contribution in [3.63, 3.8) is 0 Å². The Bertz CT molecular complexity index is 1550. The molecule has 1 saturated carbocycles. The molecule has 0 saturated heterocycles. The third-order valence-corrected chi connectivity index (χ3v) is 7.37. The molecule has 3 aromatic heterocycles. The minimum absolute atomic E-state index is 0.0218. The first kappa shape index (κ1) is 24.2. The molecule has 0 N–H and O–H groups in total. The average Bonchev–Trinajstić information content (AvgIpc) is 3.24. The number of alkyl halides is 2. The van der Waals surface area contributed by atoms with Crippen LogP contribution in [0.25, 0.3) is 22.3 Å². The van der Waals surface area contributed by atoms with Crippen LogP contribution >= 0.6 is 0 Å². The van der Waals surface area contributed by atoms with E-state index >= 15 is 0 Å². The van der Waals surface area contributed by atoms with Gasteiger partial charge in [-0.3, -0.25) is 4.79 Å². The molecule has 9 heteroatoms. The largest absolute Gasteiger partial charge is 0.466 e. The van der Waals surface area contributed by atoms with E-state index in [1.54, 1.807) is 36.7 Å². The summed E-state index contributed by atoms with van der Waals surface area (Å²) in [6, 6.07) is 10.7. The Kier molecular flexibility index (Phi) is 6.13. The number of fused-ring (bicyclic) bond motifs is 2. The van der Waals surface area contributed by atoms with E-state index in [1.165, 1.54) is 0 Å². The second kappa shape index (κ2) is 9.63. The highest BCUT2D eigenvalue weighted by Crippen LogP contribution is 2.58.